The Balaban J connectivity index is 1.06. The van der Waals surface area contributed by atoms with Crippen molar-refractivity contribution in [2.75, 3.05) is 5.32 Å². The molecular weight excluding hydrogens is 533 g/mol. The van der Waals surface area contributed by atoms with Gasteiger partial charge < -0.3 is 10.1 Å². The molecule has 1 aliphatic carbocycles. The molecule has 6 rings (SSSR count). The van der Waals surface area contributed by atoms with E-state index in [9.17, 15) is 28.4 Å². The predicted octanol–water partition coefficient (Wildman–Crippen LogP) is 2.98. The molecule has 1 atom stereocenters. The number of hydrogen-bond acceptors (Lipinski definition) is 7. The summed E-state index contributed by atoms with van der Waals surface area (Å²) < 4.78 is 20.7. The summed E-state index contributed by atoms with van der Waals surface area (Å²) in [5.74, 6) is -2.61. The number of H-pyrrole nitrogens is 1. The SMILES string of the molecule is O=C1CCC(N2C(=O)c3cc(COc4ccc(CC(=O)Nc5cc(C6CCC6)[nH]n5)cc4)cc(F)c3C2=O)C(=O)N1. The molecule has 11 nitrogen and oxygen atoms in total. The van der Waals surface area contributed by atoms with Crippen LogP contribution in [0.25, 0.3) is 0 Å². The number of aromatic amines is 1. The molecule has 2 aliphatic heterocycles. The zero-order valence-electron chi connectivity index (χ0n) is 21.9. The van der Waals surface area contributed by atoms with Crippen LogP contribution in [0, 0.1) is 5.82 Å². The number of carbonyl (C=O) groups is 5. The Hall–Kier alpha value is -4.87. The molecule has 0 bridgehead atoms. The number of hydrogen-bond donors (Lipinski definition) is 3. The van der Waals surface area contributed by atoms with Crippen LogP contribution in [-0.4, -0.2) is 50.7 Å². The monoisotopic (exact) mass is 559 g/mol. The third-order valence-corrected chi connectivity index (χ3v) is 7.66. The predicted molar refractivity (Wildman–Crippen MR) is 141 cm³/mol. The van der Waals surface area contributed by atoms with Crippen molar-refractivity contribution in [3.63, 3.8) is 0 Å². The van der Waals surface area contributed by atoms with Gasteiger partial charge in [0.1, 0.15) is 24.2 Å². The molecule has 41 heavy (non-hydrogen) atoms. The lowest BCUT2D eigenvalue weighted by Gasteiger charge is -2.27. The Morgan fingerprint density at radius 3 is 2.51 bits per heavy atom. The van der Waals surface area contributed by atoms with Crippen LogP contribution in [0.4, 0.5) is 10.2 Å². The van der Waals surface area contributed by atoms with Crippen LogP contribution in [0.5, 0.6) is 5.75 Å². The number of nitrogens with zero attached hydrogens (tertiary/aromatic N) is 2. The molecule has 1 saturated carbocycles. The normalized spacial score (nSPS) is 18.7. The molecule has 0 spiro atoms. The largest absolute Gasteiger partial charge is 0.489 e. The van der Waals surface area contributed by atoms with Crippen molar-refractivity contribution < 1.29 is 33.1 Å². The number of halogens is 1. The van der Waals surface area contributed by atoms with Gasteiger partial charge in [-0.05, 0) is 54.7 Å². The minimum atomic E-state index is -1.18. The Morgan fingerprint density at radius 2 is 1.80 bits per heavy atom. The molecule has 5 amide bonds. The van der Waals surface area contributed by atoms with Gasteiger partial charge in [0.15, 0.2) is 5.82 Å². The van der Waals surface area contributed by atoms with Gasteiger partial charge in [-0.15, -0.1) is 0 Å². The molecule has 1 saturated heterocycles. The van der Waals surface area contributed by atoms with E-state index < -0.39 is 41.1 Å². The fourth-order valence-electron chi connectivity index (χ4n) is 5.26. The fourth-order valence-corrected chi connectivity index (χ4v) is 5.26. The third-order valence-electron chi connectivity index (χ3n) is 7.66. The van der Waals surface area contributed by atoms with Crippen molar-refractivity contribution in [3.05, 3.63) is 76.2 Å². The smallest absolute Gasteiger partial charge is 0.265 e. The average molecular weight is 560 g/mol. The lowest BCUT2D eigenvalue weighted by Crippen LogP contribution is -2.54. The number of amides is 5. The molecule has 1 aromatic heterocycles. The summed E-state index contributed by atoms with van der Waals surface area (Å²) in [5.41, 5.74) is 1.55. The second-order valence-corrected chi connectivity index (χ2v) is 10.4. The van der Waals surface area contributed by atoms with Crippen LogP contribution in [0.1, 0.15) is 75.6 Å². The zero-order chi connectivity index (χ0) is 28.7. The summed E-state index contributed by atoms with van der Waals surface area (Å²) >= 11 is 0. The van der Waals surface area contributed by atoms with Gasteiger partial charge in [-0.1, -0.05) is 18.6 Å². The van der Waals surface area contributed by atoms with Crippen LogP contribution in [0.3, 0.4) is 0 Å². The number of fused-ring (bicyclic) bond motifs is 1. The molecule has 3 aliphatic rings. The highest BCUT2D eigenvalue weighted by Gasteiger charge is 2.46. The van der Waals surface area contributed by atoms with Crippen molar-refractivity contribution in [2.24, 2.45) is 0 Å². The van der Waals surface area contributed by atoms with E-state index in [4.69, 9.17) is 4.74 Å². The van der Waals surface area contributed by atoms with Crippen LogP contribution in [-0.2, 0) is 27.4 Å². The molecule has 3 heterocycles. The van der Waals surface area contributed by atoms with Gasteiger partial charge >= 0.3 is 0 Å². The Morgan fingerprint density at radius 1 is 1.02 bits per heavy atom. The summed E-state index contributed by atoms with van der Waals surface area (Å²) in [6.45, 7) is -0.0909. The molecule has 3 aromatic rings. The van der Waals surface area contributed by atoms with Crippen molar-refractivity contribution in [1.29, 1.82) is 0 Å². The van der Waals surface area contributed by atoms with E-state index >= 15 is 0 Å². The van der Waals surface area contributed by atoms with E-state index in [-0.39, 0.29) is 37.3 Å². The molecule has 210 valence electrons. The quantitative estimate of drug-likeness (QED) is 0.359. The summed E-state index contributed by atoms with van der Waals surface area (Å²) in [6, 6.07) is 10.0. The highest BCUT2D eigenvalue weighted by molar-refractivity contribution is 6.23. The molecule has 3 N–H and O–H groups in total. The first kappa shape index (κ1) is 26.4. The number of anilines is 1. The Bertz CT molecular complexity index is 1580. The van der Waals surface area contributed by atoms with Gasteiger partial charge in [-0.25, -0.2) is 4.39 Å². The van der Waals surface area contributed by atoms with Crippen LogP contribution in [0.2, 0.25) is 0 Å². The first-order chi connectivity index (χ1) is 19.8. The molecule has 2 aromatic carbocycles. The number of aromatic nitrogens is 2. The van der Waals surface area contributed by atoms with Gasteiger partial charge in [-0.2, -0.15) is 5.10 Å². The van der Waals surface area contributed by atoms with Crippen molar-refractivity contribution in [2.45, 2.75) is 57.1 Å². The van der Waals surface area contributed by atoms with Crippen molar-refractivity contribution in [1.82, 2.24) is 20.4 Å². The highest BCUT2D eigenvalue weighted by Crippen LogP contribution is 2.36. The molecular formula is C29H26FN5O6. The molecule has 2 fully saturated rings. The van der Waals surface area contributed by atoms with E-state index in [2.05, 4.69) is 20.8 Å². The van der Waals surface area contributed by atoms with Crippen LogP contribution in [0.15, 0.2) is 42.5 Å². The summed E-state index contributed by atoms with van der Waals surface area (Å²) in [7, 11) is 0. The number of nitrogens with one attached hydrogen (secondary N) is 3. The van der Waals surface area contributed by atoms with Gasteiger partial charge in [0, 0.05) is 24.1 Å². The zero-order valence-corrected chi connectivity index (χ0v) is 21.9. The van der Waals surface area contributed by atoms with Crippen LogP contribution < -0.4 is 15.4 Å². The van der Waals surface area contributed by atoms with Gasteiger partial charge in [-0.3, -0.25) is 39.3 Å². The number of ether oxygens (including phenoxy) is 1. The number of imide groups is 2. The lowest BCUT2D eigenvalue weighted by atomic mass is 9.83. The highest BCUT2D eigenvalue weighted by atomic mass is 19.1. The van der Waals surface area contributed by atoms with Gasteiger partial charge in [0.05, 0.1) is 17.5 Å². The van der Waals surface area contributed by atoms with E-state index in [0.29, 0.717) is 27.9 Å². The Labute approximate surface area is 233 Å². The first-order valence-corrected chi connectivity index (χ1v) is 13.4. The maximum atomic E-state index is 14.9. The van der Waals surface area contributed by atoms with E-state index in [0.717, 1.165) is 30.2 Å². The van der Waals surface area contributed by atoms with Crippen molar-refractivity contribution >= 4 is 35.4 Å². The maximum Gasteiger partial charge on any atom is 0.265 e. The molecule has 1 unspecified atom stereocenters. The molecule has 12 heteroatoms. The topological polar surface area (TPSA) is 151 Å². The minimum absolute atomic E-state index is 0.0181. The first-order valence-electron chi connectivity index (χ1n) is 13.4. The summed E-state index contributed by atoms with van der Waals surface area (Å²) in [6.07, 6.45) is 3.57. The van der Waals surface area contributed by atoms with Gasteiger partial charge in [0.25, 0.3) is 11.8 Å². The second kappa shape index (κ2) is 10.6. The fraction of sp³-hybridized carbons (Fsp3) is 0.310. The number of rotatable bonds is 8. The number of piperidine rings is 1. The number of benzene rings is 2. The van der Waals surface area contributed by atoms with Crippen molar-refractivity contribution in [3.8, 4) is 5.75 Å². The summed E-state index contributed by atoms with van der Waals surface area (Å²) in [4.78, 5) is 62.7. The number of carbonyl (C=O) groups excluding carboxylic acids is 5. The summed E-state index contributed by atoms with van der Waals surface area (Å²) in [5, 5.41) is 12.1. The maximum absolute atomic E-state index is 14.9. The average Bonchev–Trinajstić information content (AvgIpc) is 3.44. The van der Waals surface area contributed by atoms with Crippen LogP contribution >= 0.6 is 0 Å². The minimum Gasteiger partial charge on any atom is -0.489 e. The van der Waals surface area contributed by atoms with E-state index in [1.807, 2.05) is 6.07 Å². The third kappa shape index (κ3) is 5.20. The van der Waals surface area contributed by atoms with E-state index in [1.54, 1.807) is 24.3 Å². The van der Waals surface area contributed by atoms with E-state index in [1.165, 1.54) is 12.5 Å². The lowest BCUT2D eigenvalue weighted by molar-refractivity contribution is -0.136. The second-order valence-electron chi connectivity index (χ2n) is 10.4. The molecule has 0 radical (unpaired) electrons. The standard InChI is InChI=1S/C29H26FN5O6/c30-20-11-16(10-19-26(20)29(40)35(28(19)39)22-8-9-24(36)32-27(22)38)14-41-18-6-4-15(5-7-18)12-25(37)31-23-13-21(33-34-23)17-2-1-3-17/h4-7,10-11,13,17,22H,1-3,8-9,12,14H2,(H,32,36,38)(H2,31,33,34,37). The Kier molecular flexibility index (Phi) is 6.82. The van der Waals surface area contributed by atoms with Gasteiger partial charge in [0.2, 0.25) is 17.7 Å².